The molecule has 0 unspecified atom stereocenters. The van der Waals surface area contributed by atoms with Gasteiger partial charge in [-0.05, 0) is 0 Å². The second-order valence-electron chi connectivity index (χ2n) is 9.81. The van der Waals surface area contributed by atoms with E-state index in [2.05, 4.69) is 10.6 Å². The van der Waals surface area contributed by atoms with Crippen LogP contribution >= 0.6 is 0 Å². The van der Waals surface area contributed by atoms with Gasteiger partial charge in [0, 0.05) is 13.8 Å². The summed E-state index contributed by atoms with van der Waals surface area (Å²) < 4.78 is 27.5. The lowest BCUT2D eigenvalue weighted by atomic mass is 9.94. The van der Waals surface area contributed by atoms with Crippen LogP contribution in [0.25, 0.3) is 0 Å². The lowest BCUT2D eigenvalue weighted by Gasteiger charge is -2.49. The van der Waals surface area contributed by atoms with Crippen molar-refractivity contribution in [1.29, 1.82) is 0 Å². The second-order valence-corrected chi connectivity index (χ2v) is 9.81. The first-order valence-corrected chi connectivity index (χ1v) is 12.6. The Kier molecular flexibility index (Phi) is 11.5. The summed E-state index contributed by atoms with van der Waals surface area (Å²) in [7, 11) is 0. The topological polar surface area (TPSA) is 286 Å². The molecule has 18 heteroatoms. The van der Waals surface area contributed by atoms with E-state index in [1.165, 1.54) is 0 Å². The maximum absolute atomic E-state index is 11.7. The number of aliphatic hydroxyl groups is 9. The summed E-state index contributed by atoms with van der Waals surface area (Å²) in [6.45, 7) is -0.135. The third kappa shape index (κ3) is 7.05. The third-order valence-electron chi connectivity index (χ3n) is 6.90. The molecule has 0 radical (unpaired) electrons. The SMILES string of the molecule is CC(=O)N[C@@H]1[C@@H](O[C@@H]2O[C@H](CO)[C@H](O)[C@H](O[C@@H]3O[C@H](CO)[C@@H](O)[C@H](O)[C@H]3NC(C)=O)[C@H]2O)[C@H](O)[C@@H](CO)O[C@H]1O. The van der Waals surface area contributed by atoms with Gasteiger partial charge in [0.2, 0.25) is 11.8 Å². The normalized spacial score (nSPS) is 46.0. The molecule has 15 atom stereocenters. The van der Waals surface area contributed by atoms with E-state index < -0.39 is 124 Å². The molecule has 0 aromatic heterocycles. The fourth-order valence-electron chi connectivity index (χ4n) is 4.86. The number of amides is 2. The molecule has 0 bridgehead atoms. The van der Waals surface area contributed by atoms with Gasteiger partial charge in [-0.1, -0.05) is 0 Å². The first-order valence-electron chi connectivity index (χ1n) is 12.6. The maximum Gasteiger partial charge on any atom is 0.217 e. The smallest absolute Gasteiger partial charge is 0.217 e. The molecule has 2 amide bonds. The van der Waals surface area contributed by atoms with Crippen LogP contribution in [0.5, 0.6) is 0 Å². The van der Waals surface area contributed by atoms with Crippen molar-refractivity contribution in [1.82, 2.24) is 10.6 Å². The van der Waals surface area contributed by atoms with Gasteiger partial charge in [0.05, 0.1) is 19.8 Å². The average molecular weight is 587 g/mol. The van der Waals surface area contributed by atoms with E-state index in [0.717, 1.165) is 13.8 Å². The van der Waals surface area contributed by atoms with Gasteiger partial charge >= 0.3 is 0 Å². The summed E-state index contributed by atoms with van der Waals surface area (Å²) in [6, 6.07) is -2.86. The first-order chi connectivity index (χ1) is 18.8. The molecule has 0 saturated carbocycles. The number of carbonyl (C=O) groups is 2. The molecule has 3 heterocycles. The minimum Gasteiger partial charge on any atom is -0.394 e. The average Bonchev–Trinajstić information content (AvgIpc) is 2.90. The lowest BCUT2D eigenvalue weighted by Crippen LogP contribution is -2.69. The zero-order chi connectivity index (χ0) is 29.9. The highest BCUT2D eigenvalue weighted by molar-refractivity contribution is 5.73. The van der Waals surface area contributed by atoms with Crippen molar-refractivity contribution in [2.24, 2.45) is 0 Å². The Morgan fingerprint density at radius 2 is 1.05 bits per heavy atom. The summed E-state index contributed by atoms with van der Waals surface area (Å²) in [4.78, 5) is 23.4. The number of carbonyl (C=O) groups excluding carboxylic acids is 2. The Balaban J connectivity index is 1.88. The lowest BCUT2D eigenvalue weighted by molar-refractivity contribution is -0.365. The summed E-state index contributed by atoms with van der Waals surface area (Å²) in [6.07, 6.45) is -21.5. The van der Waals surface area contributed by atoms with Crippen LogP contribution in [0.4, 0.5) is 0 Å². The highest BCUT2D eigenvalue weighted by Gasteiger charge is 2.54. The zero-order valence-electron chi connectivity index (χ0n) is 21.7. The molecule has 40 heavy (non-hydrogen) atoms. The van der Waals surface area contributed by atoms with Gasteiger partial charge in [0.15, 0.2) is 18.9 Å². The summed E-state index contributed by atoms with van der Waals surface area (Å²) >= 11 is 0. The van der Waals surface area contributed by atoms with Gasteiger partial charge in [-0.25, -0.2) is 0 Å². The van der Waals surface area contributed by atoms with Crippen LogP contribution in [0.15, 0.2) is 0 Å². The minimum atomic E-state index is -1.94. The predicted molar refractivity (Wildman–Crippen MR) is 124 cm³/mol. The minimum absolute atomic E-state index is 0.650. The monoisotopic (exact) mass is 586 g/mol. The Hall–Kier alpha value is -1.62. The maximum atomic E-state index is 11.7. The van der Waals surface area contributed by atoms with Crippen molar-refractivity contribution < 1.29 is 79.2 Å². The van der Waals surface area contributed by atoms with E-state index in [-0.39, 0.29) is 0 Å². The van der Waals surface area contributed by atoms with Crippen LogP contribution in [-0.2, 0) is 33.3 Å². The van der Waals surface area contributed by atoms with E-state index in [1.807, 2.05) is 0 Å². The molecule has 0 aromatic carbocycles. The van der Waals surface area contributed by atoms with Gasteiger partial charge < -0.3 is 80.3 Å². The highest BCUT2D eigenvalue weighted by atomic mass is 16.7. The molecule has 232 valence electrons. The summed E-state index contributed by atoms with van der Waals surface area (Å²) in [5.74, 6) is -1.31. The van der Waals surface area contributed by atoms with Crippen molar-refractivity contribution in [2.45, 2.75) is 106 Å². The van der Waals surface area contributed by atoms with Crippen LogP contribution in [0.3, 0.4) is 0 Å². The molecule has 3 rings (SSSR count). The Morgan fingerprint density at radius 3 is 1.60 bits per heavy atom. The van der Waals surface area contributed by atoms with Crippen LogP contribution in [-0.4, -0.2) is 170 Å². The molecule has 3 saturated heterocycles. The predicted octanol–water partition coefficient (Wildman–Crippen LogP) is -7.29. The number of hydrogen-bond donors (Lipinski definition) is 11. The Labute approximate surface area is 228 Å². The highest BCUT2D eigenvalue weighted by Crippen LogP contribution is 2.32. The van der Waals surface area contributed by atoms with Crippen molar-refractivity contribution in [3.8, 4) is 0 Å². The molecule has 3 aliphatic heterocycles. The molecule has 11 N–H and O–H groups in total. The number of hydrogen-bond acceptors (Lipinski definition) is 16. The number of nitrogens with one attached hydrogen (secondary N) is 2. The van der Waals surface area contributed by atoms with Gasteiger partial charge in [0.1, 0.15) is 73.1 Å². The van der Waals surface area contributed by atoms with Crippen molar-refractivity contribution >= 4 is 11.8 Å². The molecule has 3 fully saturated rings. The molecule has 18 nitrogen and oxygen atoms in total. The number of aliphatic hydroxyl groups excluding tert-OH is 9. The second kappa shape index (κ2) is 14.0. The third-order valence-corrected chi connectivity index (χ3v) is 6.90. The van der Waals surface area contributed by atoms with Crippen LogP contribution in [0, 0.1) is 0 Å². The summed E-state index contributed by atoms with van der Waals surface area (Å²) in [5, 5.41) is 97.2. The molecular weight excluding hydrogens is 548 g/mol. The quantitative estimate of drug-likeness (QED) is 0.120. The number of rotatable bonds is 9. The zero-order valence-corrected chi connectivity index (χ0v) is 21.7. The molecule has 3 aliphatic rings. The number of ether oxygens (including phenoxy) is 5. The van der Waals surface area contributed by atoms with E-state index in [1.54, 1.807) is 0 Å². The first kappa shape index (κ1) is 32.9. The Bertz CT molecular complexity index is 854. The van der Waals surface area contributed by atoms with Crippen LogP contribution < -0.4 is 10.6 Å². The molecule has 0 aliphatic carbocycles. The van der Waals surface area contributed by atoms with Gasteiger partial charge in [-0.3, -0.25) is 9.59 Å². The largest absolute Gasteiger partial charge is 0.394 e. The van der Waals surface area contributed by atoms with Gasteiger partial charge in [0.25, 0.3) is 0 Å². The fourth-order valence-corrected chi connectivity index (χ4v) is 4.86. The van der Waals surface area contributed by atoms with Gasteiger partial charge in [-0.15, -0.1) is 0 Å². The van der Waals surface area contributed by atoms with E-state index in [9.17, 15) is 55.5 Å². The van der Waals surface area contributed by atoms with Crippen LogP contribution in [0.2, 0.25) is 0 Å². The van der Waals surface area contributed by atoms with E-state index >= 15 is 0 Å². The van der Waals surface area contributed by atoms with Crippen molar-refractivity contribution in [3.63, 3.8) is 0 Å². The molecule has 0 aromatic rings. The van der Waals surface area contributed by atoms with Gasteiger partial charge in [-0.2, -0.15) is 0 Å². The molecule has 0 spiro atoms. The fraction of sp³-hybridized carbons (Fsp3) is 0.909. The summed E-state index contributed by atoms with van der Waals surface area (Å²) in [5.41, 5.74) is 0. The van der Waals surface area contributed by atoms with E-state index in [4.69, 9.17) is 23.7 Å². The Morgan fingerprint density at radius 1 is 0.600 bits per heavy atom. The van der Waals surface area contributed by atoms with Crippen LogP contribution in [0.1, 0.15) is 13.8 Å². The molecular formula is C22H38N2O16. The van der Waals surface area contributed by atoms with Crippen molar-refractivity contribution in [2.75, 3.05) is 19.8 Å². The van der Waals surface area contributed by atoms with E-state index in [0.29, 0.717) is 0 Å². The van der Waals surface area contributed by atoms with Crippen molar-refractivity contribution in [3.05, 3.63) is 0 Å². The standard InChI is InChI=1S/C22H38N2O16/c1-6(28)23-11-16(33)13(30)8(3-25)37-21(11)40-19-15(32)10(5-27)38-22(17(19)34)39-18-12(24-7(2)29)20(35)36-9(4-26)14(18)31/h8-22,25-27,30-35H,3-5H2,1-2H3,(H,23,28)(H,24,29)/t8-,9-,10-,11-,12-,13-,14-,15+,16-,17-,18-,19+,20-,21+,22+/m1/s1.